The zero-order chi connectivity index (χ0) is 15.1. The minimum absolute atomic E-state index is 0.0396. The number of aryl methyl sites for hydroxylation is 1. The normalized spacial score (nSPS) is 20.0. The van der Waals surface area contributed by atoms with Gasteiger partial charge in [0, 0.05) is 11.1 Å². The predicted octanol–water partition coefficient (Wildman–Crippen LogP) is 0.370. The van der Waals surface area contributed by atoms with Crippen molar-refractivity contribution in [3.63, 3.8) is 0 Å². The quantitative estimate of drug-likeness (QED) is 0.745. The maximum Gasteiger partial charge on any atom is 0.352 e. The number of hydrogen-bond acceptors (Lipinski definition) is 4. The summed E-state index contributed by atoms with van der Waals surface area (Å²) < 4.78 is 22.5. The Hall–Kier alpha value is -2.09. The minimum Gasteiger partial charge on any atom is -0.477 e. The molecule has 2 rings (SSSR count). The van der Waals surface area contributed by atoms with E-state index < -0.39 is 27.8 Å². The van der Waals surface area contributed by atoms with Gasteiger partial charge in [0.2, 0.25) is 0 Å². The fraction of sp³-hybridized carbons (Fsp3) is 0.333. The molecule has 7 nitrogen and oxygen atoms in total. The number of sulfone groups is 1. The first-order valence-electron chi connectivity index (χ1n) is 5.85. The summed E-state index contributed by atoms with van der Waals surface area (Å²) >= 11 is 0. The van der Waals surface area contributed by atoms with E-state index in [0.717, 1.165) is 5.41 Å². The first-order chi connectivity index (χ1) is 9.21. The summed E-state index contributed by atoms with van der Waals surface area (Å²) in [5.41, 5.74) is 0.960. The lowest BCUT2D eigenvalue weighted by atomic mass is 10.1. The highest BCUT2D eigenvalue weighted by Crippen LogP contribution is 2.18. The van der Waals surface area contributed by atoms with Crippen LogP contribution in [0, 0.1) is 13.8 Å². The maximum atomic E-state index is 12.1. The van der Waals surface area contributed by atoms with Gasteiger partial charge in [0.05, 0.1) is 17.4 Å². The standard InChI is InChI=1S/C12H14N2O5S/c1-6-9(7(2)13-10(6)12(16)17)11(15)14-8-3-4-20(18,19)5-8/h3-4,8,13H,5H2,1-2H3,(H,14,15)(H,16,17). The Labute approximate surface area is 115 Å². The van der Waals surface area contributed by atoms with E-state index in [-0.39, 0.29) is 17.0 Å². The molecule has 0 saturated carbocycles. The lowest BCUT2D eigenvalue weighted by Crippen LogP contribution is -2.36. The smallest absolute Gasteiger partial charge is 0.352 e. The summed E-state index contributed by atoms with van der Waals surface area (Å²) in [5.74, 6) is -1.81. The molecule has 2 heterocycles. The largest absolute Gasteiger partial charge is 0.477 e. The fourth-order valence-electron chi connectivity index (χ4n) is 2.21. The van der Waals surface area contributed by atoms with Crippen LogP contribution in [-0.4, -0.2) is 42.2 Å². The average Bonchev–Trinajstić information content (AvgIpc) is 2.79. The van der Waals surface area contributed by atoms with E-state index in [4.69, 9.17) is 5.11 Å². The van der Waals surface area contributed by atoms with Gasteiger partial charge < -0.3 is 15.4 Å². The maximum absolute atomic E-state index is 12.1. The number of nitrogens with one attached hydrogen (secondary N) is 2. The van der Waals surface area contributed by atoms with Crippen LogP contribution in [0.3, 0.4) is 0 Å². The van der Waals surface area contributed by atoms with Gasteiger partial charge >= 0.3 is 5.97 Å². The van der Waals surface area contributed by atoms with Gasteiger partial charge in [-0.15, -0.1) is 0 Å². The molecule has 1 amide bonds. The van der Waals surface area contributed by atoms with Crippen molar-refractivity contribution in [1.29, 1.82) is 0 Å². The molecule has 0 bridgehead atoms. The lowest BCUT2D eigenvalue weighted by molar-refractivity contribution is 0.0690. The van der Waals surface area contributed by atoms with Gasteiger partial charge in [-0.1, -0.05) is 0 Å². The monoisotopic (exact) mass is 298 g/mol. The van der Waals surface area contributed by atoms with Gasteiger partial charge in [-0.3, -0.25) is 4.79 Å². The third-order valence-corrected chi connectivity index (χ3v) is 4.52. The lowest BCUT2D eigenvalue weighted by Gasteiger charge is -2.10. The van der Waals surface area contributed by atoms with Gasteiger partial charge in [0.15, 0.2) is 9.84 Å². The Balaban J connectivity index is 2.23. The van der Waals surface area contributed by atoms with Crippen LogP contribution >= 0.6 is 0 Å². The van der Waals surface area contributed by atoms with Crippen molar-refractivity contribution in [2.45, 2.75) is 19.9 Å². The Morgan fingerprint density at radius 1 is 1.40 bits per heavy atom. The van der Waals surface area contributed by atoms with E-state index >= 15 is 0 Å². The van der Waals surface area contributed by atoms with Crippen LogP contribution < -0.4 is 5.32 Å². The highest BCUT2D eigenvalue weighted by Gasteiger charge is 2.26. The number of aromatic carboxylic acids is 1. The summed E-state index contributed by atoms with van der Waals surface area (Å²) in [6, 6.07) is -0.588. The van der Waals surface area contributed by atoms with Crippen LogP contribution in [-0.2, 0) is 9.84 Å². The minimum atomic E-state index is -3.25. The van der Waals surface area contributed by atoms with E-state index in [1.54, 1.807) is 6.92 Å². The van der Waals surface area contributed by atoms with Crippen LogP contribution in [0.5, 0.6) is 0 Å². The van der Waals surface area contributed by atoms with Crippen LogP contribution in [0.15, 0.2) is 11.5 Å². The molecule has 0 aromatic carbocycles. The zero-order valence-electron chi connectivity index (χ0n) is 10.9. The van der Waals surface area contributed by atoms with Gasteiger partial charge in [0.1, 0.15) is 5.69 Å². The number of rotatable bonds is 3. The predicted molar refractivity (Wildman–Crippen MR) is 71.4 cm³/mol. The van der Waals surface area contributed by atoms with Crippen molar-refractivity contribution < 1.29 is 23.1 Å². The second-order valence-corrected chi connectivity index (χ2v) is 6.60. The average molecular weight is 298 g/mol. The van der Waals surface area contributed by atoms with Crippen LogP contribution in [0.2, 0.25) is 0 Å². The summed E-state index contributed by atoms with van der Waals surface area (Å²) in [5, 5.41) is 12.6. The van der Waals surface area contributed by atoms with Crippen LogP contribution in [0.4, 0.5) is 0 Å². The highest BCUT2D eigenvalue weighted by atomic mass is 32.2. The van der Waals surface area contributed by atoms with Gasteiger partial charge in [0.25, 0.3) is 5.91 Å². The van der Waals surface area contributed by atoms with E-state index in [0.29, 0.717) is 11.3 Å². The Morgan fingerprint density at radius 2 is 2.05 bits per heavy atom. The van der Waals surface area contributed by atoms with E-state index in [1.807, 2.05) is 0 Å². The second-order valence-electron chi connectivity index (χ2n) is 4.67. The summed E-state index contributed by atoms with van der Waals surface area (Å²) in [6.45, 7) is 3.12. The molecule has 1 aliphatic heterocycles. The molecule has 1 aliphatic rings. The number of H-pyrrole nitrogens is 1. The molecule has 0 radical (unpaired) electrons. The van der Waals surface area contributed by atoms with Crippen molar-refractivity contribution in [3.8, 4) is 0 Å². The molecule has 0 spiro atoms. The number of hydrogen-bond donors (Lipinski definition) is 3. The van der Waals surface area contributed by atoms with E-state index in [1.165, 1.54) is 13.0 Å². The van der Waals surface area contributed by atoms with Crippen LogP contribution in [0.1, 0.15) is 32.1 Å². The summed E-state index contributed by atoms with van der Waals surface area (Å²) in [6.07, 6.45) is 1.41. The number of aromatic nitrogens is 1. The van der Waals surface area contributed by atoms with E-state index in [9.17, 15) is 18.0 Å². The molecule has 3 N–H and O–H groups in total. The Morgan fingerprint density at radius 3 is 2.50 bits per heavy atom. The molecule has 108 valence electrons. The first kappa shape index (κ1) is 14.3. The van der Waals surface area contributed by atoms with Gasteiger partial charge in [-0.2, -0.15) is 0 Å². The third-order valence-electron chi connectivity index (χ3n) is 3.12. The van der Waals surface area contributed by atoms with Crippen molar-refractivity contribution in [1.82, 2.24) is 10.3 Å². The number of aromatic amines is 1. The number of carbonyl (C=O) groups is 2. The van der Waals surface area contributed by atoms with Crippen molar-refractivity contribution in [2.24, 2.45) is 0 Å². The SMILES string of the molecule is Cc1[nH]c(C(=O)O)c(C)c1C(=O)NC1C=CS(=O)(=O)C1. The first-order valence-corrected chi connectivity index (χ1v) is 7.57. The molecule has 1 aromatic heterocycles. The Kier molecular flexibility index (Phi) is 3.43. The number of carboxylic acids is 1. The van der Waals surface area contributed by atoms with Gasteiger partial charge in [-0.25, -0.2) is 13.2 Å². The molecule has 1 aromatic rings. The van der Waals surface area contributed by atoms with Crippen molar-refractivity contribution >= 4 is 21.7 Å². The molecule has 8 heteroatoms. The second kappa shape index (κ2) is 4.78. The number of carboxylic acid groups (broad SMARTS) is 1. The molecule has 0 saturated heterocycles. The molecule has 1 unspecified atom stereocenters. The fourth-order valence-corrected chi connectivity index (χ4v) is 3.45. The van der Waals surface area contributed by atoms with Crippen molar-refractivity contribution in [3.05, 3.63) is 34.0 Å². The molecule has 0 fully saturated rings. The Bertz CT molecular complexity index is 714. The van der Waals surface area contributed by atoms with Crippen molar-refractivity contribution in [2.75, 3.05) is 5.75 Å². The van der Waals surface area contributed by atoms with E-state index in [2.05, 4.69) is 10.3 Å². The summed E-state index contributed by atoms with van der Waals surface area (Å²) in [4.78, 5) is 25.8. The molecular formula is C12H14N2O5S. The molecular weight excluding hydrogens is 284 g/mol. The zero-order valence-corrected chi connectivity index (χ0v) is 11.7. The topological polar surface area (TPSA) is 116 Å². The summed E-state index contributed by atoms with van der Waals surface area (Å²) in [7, 11) is -3.25. The third kappa shape index (κ3) is 2.60. The number of amides is 1. The van der Waals surface area contributed by atoms with Gasteiger partial charge in [-0.05, 0) is 25.5 Å². The highest BCUT2D eigenvalue weighted by molar-refractivity contribution is 7.94. The molecule has 20 heavy (non-hydrogen) atoms. The number of carbonyl (C=O) groups excluding carboxylic acids is 1. The molecule has 0 aliphatic carbocycles. The van der Waals surface area contributed by atoms with Crippen LogP contribution in [0.25, 0.3) is 0 Å². The molecule has 1 atom stereocenters.